The first-order valence-electron chi connectivity index (χ1n) is 6.77. The zero-order valence-electron chi connectivity index (χ0n) is 13.4. The molecule has 0 aliphatic rings. The SMILES string of the molecule is NC(=O)c1cccnc1.NC(=O)c1cccnc1.O=C(O)/C=C\C(=O)O. The summed E-state index contributed by atoms with van der Waals surface area (Å²) in [6, 6.07) is 6.57. The Morgan fingerprint density at radius 1 is 0.769 bits per heavy atom. The minimum Gasteiger partial charge on any atom is -0.478 e. The van der Waals surface area contributed by atoms with E-state index in [0.29, 0.717) is 23.3 Å². The number of aliphatic carboxylic acids is 2. The number of nitrogens with two attached hydrogens (primary N) is 2. The first kappa shape index (κ1) is 21.9. The van der Waals surface area contributed by atoms with Crippen LogP contribution >= 0.6 is 0 Å². The van der Waals surface area contributed by atoms with Gasteiger partial charge in [-0.2, -0.15) is 0 Å². The predicted molar refractivity (Wildman–Crippen MR) is 89.9 cm³/mol. The molecule has 0 radical (unpaired) electrons. The molecule has 2 heterocycles. The third-order valence-corrected chi connectivity index (χ3v) is 2.26. The summed E-state index contributed by atoms with van der Waals surface area (Å²) in [5, 5.41) is 15.6. The maximum Gasteiger partial charge on any atom is 0.328 e. The Hall–Kier alpha value is -4.08. The number of carbonyl (C=O) groups excluding carboxylic acids is 2. The summed E-state index contributed by atoms with van der Waals surface area (Å²) in [5.74, 6) is -3.40. The quantitative estimate of drug-likeness (QED) is 0.551. The van der Waals surface area contributed by atoms with E-state index in [1.54, 1.807) is 36.7 Å². The molecule has 0 fully saturated rings. The van der Waals surface area contributed by atoms with Crippen molar-refractivity contribution in [2.45, 2.75) is 0 Å². The number of rotatable bonds is 4. The standard InChI is InChI=1S/2C6H6N2O.C4H4O4/c2*7-6(9)5-2-1-3-8-4-5;5-3(6)1-2-4(7)8/h2*1-4H,(H2,7,9);1-2H,(H,5,6)(H,7,8)/b;;2-1-. The molecule has 0 aliphatic heterocycles. The zero-order chi connectivity index (χ0) is 19.9. The highest BCUT2D eigenvalue weighted by Gasteiger charge is 1.95. The van der Waals surface area contributed by atoms with Crippen molar-refractivity contribution in [3.63, 3.8) is 0 Å². The van der Waals surface area contributed by atoms with E-state index in [1.165, 1.54) is 12.4 Å². The van der Waals surface area contributed by atoms with Gasteiger partial charge in [-0.3, -0.25) is 19.6 Å². The summed E-state index contributed by atoms with van der Waals surface area (Å²) < 4.78 is 0. The van der Waals surface area contributed by atoms with E-state index in [1.807, 2.05) is 0 Å². The smallest absolute Gasteiger partial charge is 0.328 e. The van der Waals surface area contributed by atoms with E-state index in [-0.39, 0.29) is 0 Å². The summed E-state index contributed by atoms with van der Waals surface area (Å²) in [7, 11) is 0. The lowest BCUT2D eigenvalue weighted by Crippen LogP contribution is -2.10. The molecular formula is C16H16N4O6. The maximum atomic E-state index is 10.4. The van der Waals surface area contributed by atoms with Crippen LogP contribution in [0, 0.1) is 0 Å². The van der Waals surface area contributed by atoms with Gasteiger partial charge in [0, 0.05) is 36.9 Å². The van der Waals surface area contributed by atoms with Gasteiger partial charge in [-0.1, -0.05) is 0 Å². The van der Waals surface area contributed by atoms with E-state index in [0.717, 1.165) is 0 Å². The molecule has 0 spiro atoms. The highest BCUT2D eigenvalue weighted by Crippen LogP contribution is 1.92. The van der Waals surface area contributed by atoms with Gasteiger partial charge in [0.25, 0.3) is 0 Å². The van der Waals surface area contributed by atoms with Gasteiger partial charge in [-0.05, 0) is 24.3 Å². The Bertz CT molecular complexity index is 697. The van der Waals surface area contributed by atoms with Gasteiger partial charge >= 0.3 is 11.9 Å². The lowest BCUT2D eigenvalue weighted by molar-refractivity contribution is -0.134. The largest absolute Gasteiger partial charge is 0.478 e. The number of carboxylic acid groups (broad SMARTS) is 2. The molecule has 0 aromatic carbocycles. The second kappa shape index (κ2) is 12.4. The Morgan fingerprint density at radius 3 is 1.27 bits per heavy atom. The molecule has 6 N–H and O–H groups in total. The van der Waals surface area contributed by atoms with E-state index < -0.39 is 23.8 Å². The highest BCUT2D eigenvalue weighted by molar-refractivity contribution is 5.92. The summed E-state index contributed by atoms with van der Waals surface area (Å²) in [5.41, 5.74) is 10.8. The molecule has 2 aromatic heterocycles. The number of amides is 2. The molecule has 26 heavy (non-hydrogen) atoms. The maximum absolute atomic E-state index is 10.4. The molecule has 0 aliphatic carbocycles. The zero-order valence-corrected chi connectivity index (χ0v) is 13.4. The fraction of sp³-hybridized carbons (Fsp3) is 0. The van der Waals surface area contributed by atoms with Crippen LogP contribution in [-0.4, -0.2) is 43.9 Å². The van der Waals surface area contributed by atoms with E-state index in [2.05, 4.69) is 9.97 Å². The Morgan fingerprint density at radius 2 is 1.12 bits per heavy atom. The molecule has 0 bridgehead atoms. The molecule has 2 amide bonds. The van der Waals surface area contributed by atoms with Crippen molar-refractivity contribution < 1.29 is 29.4 Å². The van der Waals surface area contributed by atoms with Crippen molar-refractivity contribution in [1.82, 2.24) is 9.97 Å². The van der Waals surface area contributed by atoms with E-state index in [9.17, 15) is 19.2 Å². The number of nitrogens with zero attached hydrogens (tertiary/aromatic N) is 2. The Balaban J connectivity index is 0.000000362. The van der Waals surface area contributed by atoms with Gasteiger partial charge in [0.05, 0.1) is 11.1 Å². The lowest BCUT2D eigenvalue weighted by Gasteiger charge is -1.88. The fourth-order valence-electron chi connectivity index (χ4n) is 1.16. The van der Waals surface area contributed by atoms with Crippen molar-refractivity contribution in [2.75, 3.05) is 0 Å². The molecule has 0 unspecified atom stereocenters. The van der Waals surface area contributed by atoms with Gasteiger partial charge in [0.2, 0.25) is 11.8 Å². The summed E-state index contributed by atoms with van der Waals surface area (Å²) in [6.45, 7) is 0. The molecule has 0 saturated carbocycles. The van der Waals surface area contributed by atoms with Crippen LogP contribution in [0.5, 0.6) is 0 Å². The van der Waals surface area contributed by atoms with Crippen molar-refractivity contribution >= 4 is 23.8 Å². The molecule has 2 rings (SSSR count). The monoisotopic (exact) mass is 360 g/mol. The van der Waals surface area contributed by atoms with Crippen LogP contribution < -0.4 is 11.5 Å². The van der Waals surface area contributed by atoms with Crippen molar-refractivity contribution in [2.24, 2.45) is 11.5 Å². The molecular weight excluding hydrogens is 344 g/mol. The van der Waals surface area contributed by atoms with Gasteiger partial charge < -0.3 is 21.7 Å². The second-order valence-corrected chi connectivity index (χ2v) is 4.22. The first-order chi connectivity index (χ1) is 12.2. The third-order valence-electron chi connectivity index (χ3n) is 2.26. The predicted octanol–water partition coefficient (Wildman–Crippen LogP) is 0.0728. The van der Waals surface area contributed by atoms with E-state index in [4.69, 9.17) is 21.7 Å². The van der Waals surface area contributed by atoms with Crippen LogP contribution in [0.4, 0.5) is 0 Å². The summed E-state index contributed by atoms with van der Waals surface area (Å²) >= 11 is 0. The third kappa shape index (κ3) is 11.5. The molecule has 10 heteroatoms. The van der Waals surface area contributed by atoms with Crippen LogP contribution in [0.2, 0.25) is 0 Å². The Kier molecular flexibility index (Phi) is 10.4. The number of hydrogen-bond donors (Lipinski definition) is 4. The van der Waals surface area contributed by atoms with Crippen molar-refractivity contribution in [1.29, 1.82) is 0 Å². The second-order valence-electron chi connectivity index (χ2n) is 4.22. The van der Waals surface area contributed by atoms with Crippen LogP contribution in [0.15, 0.2) is 61.2 Å². The van der Waals surface area contributed by atoms with Crippen LogP contribution in [0.3, 0.4) is 0 Å². The van der Waals surface area contributed by atoms with Gasteiger partial charge in [0.1, 0.15) is 0 Å². The van der Waals surface area contributed by atoms with Crippen molar-refractivity contribution in [3.05, 3.63) is 72.3 Å². The summed E-state index contributed by atoms with van der Waals surface area (Å²) in [6.07, 6.45) is 7.16. The number of primary amides is 2. The van der Waals surface area contributed by atoms with Crippen LogP contribution in [0.1, 0.15) is 20.7 Å². The number of carboxylic acids is 2. The highest BCUT2D eigenvalue weighted by atomic mass is 16.4. The molecule has 10 nitrogen and oxygen atoms in total. The molecule has 2 aromatic rings. The number of carbonyl (C=O) groups is 4. The average Bonchev–Trinajstić information content (AvgIpc) is 2.62. The lowest BCUT2D eigenvalue weighted by atomic mass is 10.3. The van der Waals surface area contributed by atoms with Crippen LogP contribution in [0.25, 0.3) is 0 Å². The minimum absolute atomic E-state index is 0.442. The number of pyridine rings is 2. The van der Waals surface area contributed by atoms with Gasteiger partial charge in [0.15, 0.2) is 0 Å². The summed E-state index contributed by atoms with van der Waals surface area (Å²) in [4.78, 5) is 47.3. The van der Waals surface area contributed by atoms with Gasteiger partial charge in [-0.25, -0.2) is 9.59 Å². The average molecular weight is 360 g/mol. The number of aromatic nitrogens is 2. The first-order valence-corrected chi connectivity index (χ1v) is 6.77. The number of hydrogen-bond acceptors (Lipinski definition) is 6. The molecule has 0 saturated heterocycles. The Labute approximate surface area is 147 Å². The van der Waals surface area contributed by atoms with Crippen LogP contribution in [-0.2, 0) is 9.59 Å². The minimum atomic E-state index is -1.26. The normalized spacial score (nSPS) is 9.08. The topological polar surface area (TPSA) is 187 Å². The van der Waals surface area contributed by atoms with Gasteiger partial charge in [-0.15, -0.1) is 0 Å². The molecule has 0 atom stereocenters. The van der Waals surface area contributed by atoms with E-state index >= 15 is 0 Å². The molecule has 136 valence electrons. The fourth-order valence-corrected chi connectivity index (χ4v) is 1.16. The van der Waals surface area contributed by atoms with Crippen molar-refractivity contribution in [3.8, 4) is 0 Å².